The highest BCUT2D eigenvalue weighted by Gasteiger charge is 2.76. The zero-order valence-electron chi connectivity index (χ0n) is 33.1. The molecule has 57 heavy (non-hydrogen) atoms. The molecule has 17 heteroatoms. The number of Topliss-reactive ketones (excluding diaryl/α,β-unsaturated/α-hetero) is 1. The predicted octanol–water partition coefficient (Wildman–Crippen LogP) is -1.61. The second kappa shape index (κ2) is 14.9. The number of cyclic esters (lactones) is 1. The summed E-state index contributed by atoms with van der Waals surface area (Å²) < 4.78 is 28.6. The van der Waals surface area contributed by atoms with Crippen LogP contribution in [0.25, 0.3) is 0 Å². The molecule has 0 spiro atoms. The van der Waals surface area contributed by atoms with Crippen LogP contribution >= 0.6 is 0 Å². The van der Waals surface area contributed by atoms with Crippen molar-refractivity contribution >= 4 is 11.8 Å². The molecule has 2 saturated heterocycles. The third-order valence-electron chi connectivity index (χ3n) is 15.7. The molecule has 0 aromatic rings. The average Bonchev–Trinajstić information content (AvgIpc) is 3.40. The van der Waals surface area contributed by atoms with Gasteiger partial charge in [0.2, 0.25) is 0 Å². The van der Waals surface area contributed by atoms with E-state index in [2.05, 4.69) is 0 Å². The average molecular weight is 813 g/mol. The highest BCUT2D eigenvalue weighted by molar-refractivity contribution is 5.90. The molecule has 0 aromatic carbocycles. The lowest BCUT2D eigenvalue weighted by Gasteiger charge is -2.63. The summed E-state index contributed by atoms with van der Waals surface area (Å²) in [5, 5.41) is 110. The summed E-state index contributed by atoms with van der Waals surface area (Å²) in [6, 6.07) is 0. The first-order valence-electron chi connectivity index (χ1n) is 20.1. The van der Waals surface area contributed by atoms with Crippen molar-refractivity contribution < 1.29 is 84.3 Å². The third-order valence-corrected chi connectivity index (χ3v) is 15.7. The van der Waals surface area contributed by atoms with Gasteiger partial charge in [0.15, 0.2) is 12.6 Å². The van der Waals surface area contributed by atoms with Crippen molar-refractivity contribution in [1.82, 2.24) is 0 Å². The van der Waals surface area contributed by atoms with E-state index in [-0.39, 0.29) is 50.2 Å². The number of hydrogen-bond donors (Lipinski definition) is 10. The number of carbonyl (C=O) groups excluding carboxylic acids is 2. The fourth-order valence-electron chi connectivity index (χ4n) is 11.7. The molecule has 0 amide bonds. The van der Waals surface area contributed by atoms with Gasteiger partial charge in [-0.05, 0) is 78.1 Å². The Bertz CT molecular complexity index is 1640. The van der Waals surface area contributed by atoms with Crippen LogP contribution in [-0.2, 0) is 33.3 Å². The third kappa shape index (κ3) is 6.25. The number of allylic oxidation sites excluding steroid dienone is 1. The van der Waals surface area contributed by atoms with Crippen LogP contribution in [0.3, 0.4) is 0 Å². The molecule has 3 saturated carbocycles. The number of rotatable bonds is 8. The van der Waals surface area contributed by atoms with Crippen LogP contribution in [0.15, 0.2) is 22.8 Å². The molecule has 3 aliphatic heterocycles. The van der Waals surface area contributed by atoms with Crippen molar-refractivity contribution in [2.45, 2.75) is 176 Å². The summed E-state index contributed by atoms with van der Waals surface area (Å²) in [7, 11) is 0. The number of aliphatic hydroxyl groups excluding tert-OH is 7. The second-order valence-corrected chi connectivity index (χ2v) is 18.3. The van der Waals surface area contributed by atoms with Gasteiger partial charge in [0.25, 0.3) is 0 Å². The van der Waals surface area contributed by atoms with Gasteiger partial charge in [-0.1, -0.05) is 24.1 Å². The first-order chi connectivity index (χ1) is 26.6. The van der Waals surface area contributed by atoms with Crippen LogP contribution < -0.4 is 0 Å². The Hall–Kier alpha value is -1.94. The van der Waals surface area contributed by atoms with Gasteiger partial charge < -0.3 is 74.7 Å². The van der Waals surface area contributed by atoms with E-state index in [0.29, 0.717) is 18.4 Å². The molecular formula is C40H60O17. The van der Waals surface area contributed by atoms with Crippen molar-refractivity contribution in [1.29, 1.82) is 0 Å². The van der Waals surface area contributed by atoms with Gasteiger partial charge in [-0.25, -0.2) is 4.79 Å². The molecule has 322 valence electrons. The molecule has 3 heterocycles. The SMILES string of the molecule is CC1=C(C)C(=O)O[C@H]([C@](C)(O)[C@]2(O)CC[C@@]3(O)[C@@H]4CC=C5CC(O[C@@H]6O[C@H](CO)[C@@H](O[C@@H]7O[C@H](CO)[C@@H](O)[C@H](O)[C@H]7O)[C@H](O)[C@H]6O)CC(=O)[C@]5(C)C4CC[C@]23C)C1. The highest BCUT2D eigenvalue weighted by Crippen LogP contribution is 2.70. The normalized spacial score (nSPS) is 51.3. The first kappa shape index (κ1) is 43.2. The Kier molecular flexibility index (Phi) is 11.3. The molecule has 10 N–H and O–H groups in total. The number of ketones is 1. The van der Waals surface area contributed by atoms with Crippen molar-refractivity contribution in [3.63, 3.8) is 0 Å². The lowest BCUT2D eigenvalue weighted by Crippen LogP contribution is -2.72. The van der Waals surface area contributed by atoms with Gasteiger partial charge in [0.1, 0.15) is 71.9 Å². The number of esters is 1. The van der Waals surface area contributed by atoms with Gasteiger partial charge in [0.05, 0.1) is 30.3 Å². The minimum atomic E-state index is -1.90. The zero-order valence-corrected chi connectivity index (χ0v) is 33.1. The smallest absolute Gasteiger partial charge is 0.334 e. The molecule has 19 atom stereocenters. The van der Waals surface area contributed by atoms with E-state index >= 15 is 0 Å². The topological polar surface area (TPSA) is 283 Å². The molecule has 4 aliphatic carbocycles. The van der Waals surface area contributed by atoms with Crippen molar-refractivity contribution in [2.75, 3.05) is 13.2 Å². The Morgan fingerprint density at radius 3 is 2.09 bits per heavy atom. The van der Waals surface area contributed by atoms with E-state index in [1.54, 1.807) is 20.8 Å². The van der Waals surface area contributed by atoms with Crippen molar-refractivity contribution in [2.24, 2.45) is 22.7 Å². The Labute approximate surface area is 330 Å². The van der Waals surface area contributed by atoms with E-state index in [1.165, 1.54) is 6.92 Å². The number of ether oxygens (including phenoxy) is 5. The van der Waals surface area contributed by atoms with Crippen LogP contribution in [-0.4, -0.2) is 166 Å². The van der Waals surface area contributed by atoms with Crippen LogP contribution in [0.1, 0.15) is 86.0 Å². The summed E-state index contributed by atoms with van der Waals surface area (Å²) >= 11 is 0. The van der Waals surface area contributed by atoms with Crippen LogP contribution in [0.2, 0.25) is 0 Å². The van der Waals surface area contributed by atoms with Crippen LogP contribution in [0, 0.1) is 22.7 Å². The zero-order chi connectivity index (χ0) is 41.8. The molecule has 5 fully saturated rings. The monoisotopic (exact) mass is 812 g/mol. The Morgan fingerprint density at radius 2 is 1.44 bits per heavy atom. The molecule has 7 rings (SSSR count). The fourth-order valence-corrected chi connectivity index (χ4v) is 11.7. The quantitative estimate of drug-likeness (QED) is 0.0975. The van der Waals surface area contributed by atoms with Gasteiger partial charge in [-0.15, -0.1) is 0 Å². The standard InChI is InChI=1S/C40H60O17/c1-17-12-26(56-33(49)18(17)2)38(5,50)40(52)11-10-39(51)22-7-6-19-13-20(14-25(43)37(19,4)21(22)8-9-36(39,40)3)53-34-31(48)29(46)32(24(16-42)55-34)57-35-30(47)28(45)27(44)23(15-41)54-35/h6,20-24,26-32,34-35,41-42,44-48,50-52H,7-16H2,1-5H3/t20?,21?,22-,23-,24-,26+,27-,28+,29-,30-,31-,32-,34-,35+,36+,37+,38+,39-,40+/m1/s1. The van der Waals surface area contributed by atoms with E-state index in [1.807, 2.05) is 13.0 Å². The maximum Gasteiger partial charge on any atom is 0.334 e. The predicted molar refractivity (Wildman–Crippen MR) is 193 cm³/mol. The Morgan fingerprint density at radius 1 is 0.807 bits per heavy atom. The Balaban J connectivity index is 1.06. The lowest BCUT2D eigenvalue weighted by molar-refractivity contribution is -0.362. The minimum absolute atomic E-state index is 0.0575. The van der Waals surface area contributed by atoms with Gasteiger partial charge in [0, 0.05) is 23.8 Å². The molecule has 0 radical (unpaired) electrons. The summed E-state index contributed by atoms with van der Waals surface area (Å²) in [4.78, 5) is 27.0. The molecule has 0 bridgehead atoms. The lowest BCUT2D eigenvalue weighted by atomic mass is 9.44. The number of carbonyl (C=O) groups is 2. The maximum atomic E-state index is 14.3. The summed E-state index contributed by atoms with van der Waals surface area (Å²) in [6.45, 7) is 7.14. The van der Waals surface area contributed by atoms with E-state index in [9.17, 15) is 60.7 Å². The maximum absolute atomic E-state index is 14.3. The second-order valence-electron chi connectivity index (χ2n) is 18.3. The van der Waals surface area contributed by atoms with Gasteiger partial charge >= 0.3 is 5.97 Å². The minimum Gasteiger partial charge on any atom is -0.455 e. The van der Waals surface area contributed by atoms with Crippen LogP contribution in [0.4, 0.5) is 0 Å². The van der Waals surface area contributed by atoms with Crippen molar-refractivity contribution in [3.8, 4) is 0 Å². The fraction of sp³-hybridized carbons (Fsp3) is 0.850. The van der Waals surface area contributed by atoms with Crippen molar-refractivity contribution in [3.05, 3.63) is 22.8 Å². The molecule has 2 unspecified atom stereocenters. The molecule has 7 aliphatic rings. The van der Waals surface area contributed by atoms with E-state index < -0.39 is 126 Å². The first-order valence-corrected chi connectivity index (χ1v) is 20.1. The van der Waals surface area contributed by atoms with E-state index in [0.717, 1.165) is 11.1 Å². The largest absolute Gasteiger partial charge is 0.455 e. The van der Waals surface area contributed by atoms with E-state index in [4.69, 9.17) is 23.7 Å². The molecule has 17 nitrogen and oxygen atoms in total. The van der Waals surface area contributed by atoms with Gasteiger partial charge in [-0.3, -0.25) is 4.79 Å². The number of hydrogen-bond acceptors (Lipinski definition) is 17. The molecule has 0 aromatic heterocycles. The summed E-state index contributed by atoms with van der Waals surface area (Å²) in [6.07, 6.45) is -14.3. The van der Waals surface area contributed by atoms with Gasteiger partial charge in [-0.2, -0.15) is 0 Å². The number of fused-ring (bicyclic) bond motifs is 5. The number of aliphatic hydroxyl groups is 10. The summed E-state index contributed by atoms with van der Waals surface area (Å²) in [5.41, 5.74) is -5.39. The van der Waals surface area contributed by atoms with Crippen LogP contribution in [0.5, 0.6) is 0 Å². The summed E-state index contributed by atoms with van der Waals surface area (Å²) in [5.74, 6) is -1.47. The molecular weight excluding hydrogens is 752 g/mol. The highest BCUT2D eigenvalue weighted by atomic mass is 16.7.